The number of para-hydroxylation sites is 1. The van der Waals surface area contributed by atoms with E-state index in [9.17, 15) is 9.59 Å². The number of amides is 2. The van der Waals surface area contributed by atoms with Crippen molar-refractivity contribution in [1.82, 2.24) is 14.8 Å². The Morgan fingerprint density at radius 1 is 1.00 bits per heavy atom. The summed E-state index contributed by atoms with van der Waals surface area (Å²) in [5.41, 5.74) is 5.02. The largest absolute Gasteiger partial charge is 0.466 e. The molecule has 0 atom stereocenters. The van der Waals surface area contributed by atoms with Crippen LogP contribution in [0, 0.1) is 20.8 Å². The maximum absolute atomic E-state index is 12.8. The third-order valence-corrected chi connectivity index (χ3v) is 5.15. The highest BCUT2D eigenvalue weighted by Crippen LogP contribution is 2.27. The fraction of sp³-hybridized carbons (Fsp3) is 0.200. The van der Waals surface area contributed by atoms with Crippen LogP contribution in [0.5, 0.6) is 5.88 Å². The summed E-state index contributed by atoms with van der Waals surface area (Å²) in [6.45, 7) is 5.56. The van der Waals surface area contributed by atoms with E-state index in [1.165, 1.54) is 0 Å². The van der Waals surface area contributed by atoms with Gasteiger partial charge in [0.25, 0.3) is 11.8 Å². The molecule has 0 bridgehead atoms. The van der Waals surface area contributed by atoms with Crippen molar-refractivity contribution in [2.45, 2.75) is 20.8 Å². The van der Waals surface area contributed by atoms with E-state index < -0.39 is 5.91 Å². The number of nitrogens with zero attached hydrogens (tertiary/aromatic N) is 3. The fourth-order valence-corrected chi connectivity index (χ4v) is 3.68. The minimum Gasteiger partial charge on any atom is -0.466 e. The average molecular weight is 444 g/mol. The van der Waals surface area contributed by atoms with Crippen LogP contribution in [0.15, 0.2) is 54.6 Å². The maximum atomic E-state index is 12.8. The molecular formula is C25H25N5O3. The first-order chi connectivity index (χ1) is 15.8. The molecule has 4 rings (SSSR count). The lowest BCUT2D eigenvalue weighted by atomic mass is 10.1. The molecule has 0 radical (unpaired) electrons. The number of carbonyl (C=O) groups is 2. The molecule has 2 heterocycles. The lowest BCUT2D eigenvalue weighted by Crippen LogP contribution is -2.23. The topological polar surface area (TPSA) is 98.1 Å². The molecule has 0 saturated carbocycles. The van der Waals surface area contributed by atoms with Gasteiger partial charge in [0.15, 0.2) is 12.3 Å². The van der Waals surface area contributed by atoms with Gasteiger partial charge in [-0.15, -0.1) is 5.10 Å². The highest BCUT2D eigenvalue weighted by atomic mass is 16.5. The molecule has 168 valence electrons. The van der Waals surface area contributed by atoms with Crippen molar-refractivity contribution in [2.24, 2.45) is 7.05 Å². The Hall–Kier alpha value is -4.20. The van der Waals surface area contributed by atoms with Gasteiger partial charge in [0.1, 0.15) is 0 Å². The second-order valence-electron chi connectivity index (χ2n) is 7.91. The zero-order valence-electron chi connectivity index (χ0n) is 19.0. The van der Waals surface area contributed by atoms with Gasteiger partial charge in [-0.2, -0.15) is 0 Å². The molecule has 2 amide bonds. The van der Waals surface area contributed by atoms with Gasteiger partial charge in [-0.05, 0) is 62.2 Å². The number of pyridine rings is 1. The van der Waals surface area contributed by atoms with Crippen molar-refractivity contribution in [2.75, 3.05) is 17.2 Å². The molecule has 0 unspecified atom stereocenters. The molecule has 8 nitrogen and oxygen atoms in total. The van der Waals surface area contributed by atoms with Crippen LogP contribution in [0.3, 0.4) is 0 Å². The highest BCUT2D eigenvalue weighted by Gasteiger charge is 2.17. The van der Waals surface area contributed by atoms with Gasteiger partial charge in [0.2, 0.25) is 5.88 Å². The number of carbonyl (C=O) groups excluding carboxylic acids is 2. The number of benzene rings is 2. The van der Waals surface area contributed by atoms with Crippen molar-refractivity contribution in [3.8, 4) is 5.88 Å². The Morgan fingerprint density at radius 2 is 1.79 bits per heavy atom. The number of nitrogens with one attached hydrogen (secondary N) is 2. The second-order valence-corrected chi connectivity index (χ2v) is 7.91. The van der Waals surface area contributed by atoms with Crippen molar-refractivity contribution in [1.29, 1.82) is 0 Å². The van der Waals surface area contributed by atoms with Crippen LogP contribution >= 0.6 is 0 Å². The molecule has 2 aromatic heterocycles. The van der Waals surface area contributed by atoms with Crippen LogP contribution in [0.1, 0.15) is 27.2 Å². The standard InChI is InChI=1S/C25H25N5O3/c1-15-8-7-9-18(12-15)27-24(32)19-10-5-6-11-20(19)28-21(31)14-33-25-22-16(2)13-17(3)26-23(22)30(4)29-25/h5-13H,14H2,1-4H3,(H,27,32)(H,28,31). The first-order valence-corrected chi connectivity index (χ1v) is 10.5. The van der Waals surface area contributed by atoms with Crippen LogP contribution in [-0.4, -0.2) is 33.2 Å². The van der Waals surface area contributed by atoms with E-state index in [4.69, 9.17) is 4.74 Å². The molecule has 33 heavy (non-hydrogen) atoms. The predicted molar refractivity (Wildman–Crippen MR) is 128 cm³/mol. The highest BCUT2D eigenvalue weighted by molar-refractivity contribution is 6.10. The van der Waals surface area contributed by atoms with E-state index in [1.807, 2.05) is 51.1 Å². The summed E-state index contributed by atoms with van der Waals surface area (Å²) in [5.74, 6) is -0.370. The number of aromatic nitrogens is 3. The monoisotopic (exact) mass is 443 g/mol. The molecule has 0 aliphatic carbocycles. The number of rotatable bonds is 6. The molecule has 2 N–H and O–H groups in total. The zero-order valence-corrected chi connectivity index (χ0v) is 19.0. The van der Waals surface area contributed by atoms with Gasteiger partial charge in [-0.25, -0.2) is 9.67 Å². The van der Waals surface area contributed by atoms with Gasteiger partial charge >= 0.3 is 0 Å². The summed E-state index contributed by atoms with van der Waals surface area (Å²) in [5, 5.41) is 10.8. The smallest absolute Gasteiger partial charge is 0.262 e. The number of fused-ring (bicyclic) bond motifs is 1. The van der Waals surface area contributed by atoms with Crippen molar-refractivity contribution in [3.63, 3.8) is 0 Å². The fourth-order valence-electron chi connectivity index (χ4n) is 3.68. The number of aryl methyl sites for hydroxylation is 4. The van der Waals surface area contributed by atoms with E-state index in [0.29, 0.717) is 28.5 Å². The molecular weight excluding hydrogens is 418 g/mol. The van der Waals surface area contributed by atoms with E-state index in [2.05, 4.69) is 20.7 Å². The third-order valence-electron chi connectivity index (χ3n) is 5.15. The summed E-state index contributed by atoms with van der Waals surface area (Å²) in [6, 6.07) is 16.3. The molecule has 2 aromatic carbocycles. The molecule has 8 heteroatoms. The first kappa shape index (κ1) is 22.0. The zero-order chi connectivity index (χ0) is 23.5. The first-order valence-electron chi connectivity index (χ1n) is 10.5. The minimum absolute atomic E-state index is 0.257. The lowest BCUT2D eigenvalue weighted by Gasteiger charge is -2.12. The Labute approximate surface area is 191 Å². The molecule has 0 spiro atoms. The van der Waals surface area contributed by atoms with E-state index in [1.54, 1.807) is 36.0 Å². The SMILES string of the molecule is Cc1cccc(NC(=O)c2ccccc2NC(=O)COc2nn(C)c3nc(C)cc(C)c23)c1. The molecule has 4 aromatic rings. The number of anilines is 2. The molecule has 0 fully saturated rings. The normalized spacial score (nSPS) is 10.8. The van der Waals surface area contributed by atoms with E-state index in [-0.39, 0.29) is 12.5 Å². The quantitative estimate of drug-likeness (QED) is 0.466. The van der Waals surface area contributed by atoms with E-state index >= 15 is 0 Å². The van der Waals surface area contributed by atoms with Crippen molar-refractivity contribution < 1.29 is 14.3 Å². The van der Waals surface area contributed by atoms with Gasteiger partial charge in [0, 0.05) is 18.4 Å². The van der Waals surface area contributed by atoms with Crippen LogP contribution in [0.4, 0.5) is 11.4 Å². The number of hydrogen-bond donors (Lipinski definition) is 2. The Bertz CT molecular complexity index is 1360. The summed E-state index contributed by atoms with van der Waals surface area (Å²) in [4.78, 5) is 29.9. The summed E-state index contributed by atoms with van der Waals surface area (Å²) >= 11 is 0. The van der Waals surface area contributed by atoms with Gasteiger partial charge < -0.3 is 15.4 Å². The lowest BCUT2D eigenvalue weighted by molar-refractivity contribution is -0.118. The van der Waals surface area contributed by atoms with Crippen LogP contribution in [-0.2, 0) is 11.8 Å². The van der Waals surface area contributed by atoms with Crippen LogP contribution < -0.4 is 15.4 Å². The van der Waals surface area contributed by atoms with Gasteiger partial charge in [-0.1, -0.05) is 24.3 Å². The summed E-state index contributed by atoms with van der Waals surface area (Å²) < 4.78 is 7.35. The van der Waals surface area contributed by atoms with Gasteiger partial charge in [0.05, 0.1) is 16.6 Å². The average Bonchev–Trinajstić information content (AvgIpc) is 3.08. The molecule has 0 aliphatic rings. The third kappa shape index (κ3) is 4.85. The summed E-state index contributed by atoms with van der Waals surface area (Å²) in [7, 11) is 1.78. The van der Waals surface area contributed by atoms with Gasteiger partial charge in [-0.3, -0.25) is 9.59 Å². The molecule has 0 saturated heterocycles. The maximum Gasteiger partial charge on any atom is 0.262 e. The van der Waals surface area contributed by atoms with E-state index in [0.717, 1.165) is 22.2 Å². The number of hydrogen-bond acceptors (Lipinski definition) is 5. The predicted octanol–water partition coefficient (Wildman–Crippen LogP) is 4.16. The van der Waals surface area contributed by atoms with Crippen molar-refractivity contribution >= 4 is 34.2 Å². The Kier molecular flexibility index (Phi) is 6.08. The Balaban J connectivity index is 1.47. The van der Waals surface area contributed by atoms with Crippen LogP contribution in [0.2, 0.25) is 0 Å². The van der Waals surface area contributed by atoms with Crippen molar-refractivity contribution in [3.05, 3.63) is 77.0 Å². The number of ether oxygens (including phenoxy) is 1. The second kappa shape index (κ2) is 9.12. The van der Waals surface area contributed by atoms with Crippen LogP contribution in [0.25, 0.3) is 11.0 Å². The Morgan fingerprint density at radius 3 is 2.58 bits per heavy atom. The summed E-state index contributed by atoms with van der Waals surface area (Å²) in [6.07, 6.45) is 0. The molecule has 0 aliphatic heterocycles. The minimum atomic E-state index is -0.401.